The lowest BCUT2D eigenvalue weighted by molar-refractivity contribution is -0.135. The van der Waals surface area contributed by atoms with Crippen LogP contribution in [0.4, 0.5) is 4.39 Å². The molecule has 1 aliphatic carbocycles. The Balaban J connectivity index is 1.31. The monoisotopic (exact) mass is 451 g/mol. The SMILES string of the molecule is O=C(NCc1cccc(F)c1)C(C1CCCC1)N1CCN(C(=O)CCc2ccccc2)CC1. The molecule has 0 aromatic heterocycles. The van der Waals surface area contributed by atoms with E-state index in [1.807, 2.05) is 29.2 Å². The second kappa shape index (κ2) is 11.4. The Morgan fingerprint density at radius 2 is 1.64 bits per heavy atom. The number of carbonyl (C=O) groups is 2. The lowest BCUT2D eigenvalue weighted by atomic mass is 9.94. The molecule has 1 atom stereocenters. The maximum Gasteiger partial charge on any atom is 0.237 e. The van der Waals surface area contributed by atoms with E-state index in [4.69, 9.17) is 0 Å². The van der Waals surface area contributed by atoms with E-state index in [2.05, 4.69) is 22.3 Å². The molecule has 1 aliphatic heterocycles. The smallest absolute Gasteiger partial charge is 0.237 e. The largest absolute Gasteiger partial charge is 0.351 e. The normalized spacial score (nSPS) is 18.3. The van der Waals surface area contributed by atoms with E-state index in [9.17, 15) is 14.0 Å². The summed E-state index contributed by atoms with van der Waals surface area (Å²) in [7, 11) is 0. The van der Waals surface area contributed by atoms with Crippen LogP contribution in [0.3, 0.4) is 0 Å². The maximum atomic E-state index is 13.5. The summed E-state index contributed by atoms with van der Waals surface area (Å²) in [6, 6.07) is 16.3. The van der Waals surface area contributed by atoms with Crippen molar-refractivity contribution in [2.24, 2.45) is 5.92 Å². The van der Waals surface area contributed by atoms with Crippen LogP contribution in [-0.4, -0.2) is 53.8 Å². The Morgan fingerprint density at radius 3 is 2.33 bits per heavy atom. The van der Waals surface area contributed by atoms with Gasteiger partial charge in [-0.05, 0) is 48.4 Å². The Labute approximate surface area is 196 Å². The number of hydrogen-bond donors (Lipinski definition) is 1. The molecule has 176 valence electrons. The highest BCUT2D eigenvalue weighted by Crippen LogP contribution is 2.31. The number of rotatable bonds is 8. The van der Waals surface area contributed by atoms with Crippen LogP contribution in [0, 0.1) is 11.7 Å². The molecule has 2 amide bonds. The summed E-state index contributed by atoms with van der Waals surface area (Å²) < 4.78 is 13.5. The number of aryl methyl sites for hydroxylation is 1. The fourth-order valence-corrected chi connectivity index (χ4v) is 5.20. The lowest BCUT2D eigenvalue weighted by Crippen LogP contribution is -2.57. The molecule has 1 heterocycles. The van der Waals surface area contributed by atoms with Gasteiger partial charge in [-0.1, -0.05) is 55.3 Å². The van der Waals surface area contributed by atoms with Crippen molar-refractivity contribution in [3.8, 4) is 0 Å². The predicted molar refractivity (Wildman–Crippen MR) is 127 cm³/mol. The molecule has 0 spiro atoms. The summed E-state index contributed by atoms with van der Waals surface area (Å²) in [5.41, 5.74) is 1.95. The van der Waals surface area contributed by atoms with Crippen LogP contribution < -0.4 is 5.32 Å². The first-order valence-electron chi connectivity index (χ1n) is 12.2. The number of nitrogens with one attached hydrogen (secondary N) is 1. The zero-order chi connectivity index (χ0) is 23.0. The Bertz CT molecular complexity index is 922. The minimum atomic E-state index is -0.290. The van der Waals surface area contributed by atoms with Gasteiger partial charge in [0.15, 0.2) is 0 Å². The molecule has 33 heavy (non-hydrogen) atoms. The van der Waals surface area contributed by atoms with Gasteiger partial charge in [0.05, 0.1) is 6.04 Å². The number of benzene rings is 2. The first-order chi connectivity index (χ1) is 16.1. The third-order valence-electron chi connectivity index (χ3n) is 7.00. The summed E-state index contributed by atoms with van der Waals surface area (Å²) in [5.74, 6) is 0.265. The minimum absolute atomic E-state index is 0.0232. The molecule has 0 radical (unpaired) electrons. The van der Waals surface area contributed by atoms with Gasteiger partial charge in [0.25, 0.3) is 0 Å². The van der Waals surface area contributed by atoms with Gasteiger partial charge >= 0.3 is 0 Å². The van der Waals surface area contributed by atoms with E-state index in [0.29, 0.717) is 45.1 Å². The second-order valence-corrected chi connectivity index (χ2v) is 9.24. The second-order valence-electron chi connectivity index (χ2n) is 9.24. The van der Waals surface area contributed by atoms with E-state index in [0.717, 1.165) is 37.7 Å². The minimum Gasteiger partial charge on any atom is -0.351 e. The van der Waals surface area contributed by atoms with Crippen molar-refractivity contribution in [2.45, 2.75) is 51.1 Å². The van der Waals surface area contributed by atoms with Gasteiger partial charge in [-0.25, -0.2) is 4.39 Å². The fraction of sp³-hybridized carbons (Fsp3) is 0.481. The number of nitrogens with zero attached hydrogens (tertiary/aromatic N) is 2. The van der Waals surface area contributed by atoms with E-state index >= 15 is 0 Å². The third-order valence-corrected chi connectivity index (χ3v) is 7.00. The van der Waals surface area contributed by atoms with Crippen LogP contribution in [-0.2, 0) is 22.6 Å². The Hall–Kier alpha value is -2.73. The number of halogens is 1. The van der Waals surface area contributed by atoms with E-state index < -0.39 is 0 Å². The van der Waals surface area contributed by atoms with Crippen molar-refractivity contribution < 1.29 is 14.0 Å². The highest BCUT2D eigenvalue weighted by molar-refractivity contribution is 5.82. The van der Waals surface area contributed by atoms with Gasteiger partial charge in [0.1, 0.15) is 5.82 Å². The van der Waals surface area contributed by atoms with Crippen LogP contribution in [0.1, 0.15) is 43.2 Å². The molecule has 1 N–H and O–H groups in total. The van der Waals surface area contributed by atoms with Gasteiger partial charge in [0, 0.05) is 39.1 Å². The van der Waals surface area contributed by atoms with E-state index in [-0.39, 0.29) is 23.7 Å². The highest BCUT2D eigenvalue weighted by atomic mass is 19.1. The maximum absolute atomic E-state index is 13.5. The third kappa shape index (κ3) is 6.41. The molecule has 1 unspecified atom stereocenters. The quantitative estimate of drug-likeness (QED) is 0.665. The molecule has 6 heteroatoms. The predicted octanol–water partition coefficient (Wildman–Crippen LogP) is 3.78. The van der Waals surface area contributed by atoms with Gasteiger partial charge in [-0.15, -0.1) is 0 Å². The van der Waals surface area contributed by atoms with Crippen LogP contribution >= 0.6 is 0 Å². The van der Waals surface area contributed by atoms with Gasteiger partial charge in [-0.3, -0.25) is 14.5 Å². The molecule has 5 nitrogen and oxygen atoms in total. The first-order valence-corrected chi connectivity index (χ1v) is 12.2. The molecule has 2 aliphatic rings. The van der Waals surface area contributed by atoms with Gasteiger partial charge < -0.3 is 10.2 Å². The number of amides is 2. The fourth-order valence-electron chi connectivity index (χ4n) is 5.20. The lowest BCUT2D eigenvalue weighted by Gasteiger charge is -2.40. The van der Waals surface area contributed by atoms with Gasteiger partial charge in [0.2, 0.25) is 11.8 Å². The summed E-state index contributed by atoms with van der Waals surface area (Å²) >= 11 is 0. The van der Waals surface area contributed by atoms with Crippen LogP contribution in [0.25, 0.3) is 0 Å². The molecular formula is C27H34FN3O2. The number of piperazine rings is 1. The molecule has 0 bridgehead atoms. The zero-order valence-electron chi connectivity index (χ0n) is 19.2. The standard InChI is InChI=1S/C27H34FN3O2/c28-24-12-6-9-22(19-24)20-29-27(33)26(23-10-4-5-11-23)31-17-15-30(16-18-31)25(32)14-13-21-7-2-1-3-8-21/h1-3,6-9,12,19,23,26H,4-5,10-11,13-18,20H2,(H,29,33). The average Bonchev–Trinajstić information content (AvgIpc) is 3.37. The Morgan fingerprint density at radius 1 is 0.939 bits per heavy atom. The van der Waals surface area contributed by atoms with Crippen LogP contribution in [0.15, 0.2) is 54.6 Å². The summed E-state index contributed by atoms with van der Waals surface area (Å²) in [4.78, 5) is 30.2. The van der Waals surface area contributed by atoms with Crippen molar-refractivity contribution in [1.82, 2.24) is 15.1 Å². The van der Waals surface area contributed by atoms with Crippen LogP contribution in [0.2, 0.25) is 0 Å². The summed E-state index contributed by atoms with van der Waals surface area (Å²) in [6.45, 7) is 3.08. The molecular weight excluding hydrogens is 417 g/mol. The van der Waals surface area contributed by atoms with Crippen LogP contribution in [0.5, 0.6) is 0 Å². The van der Waals surface area contributed by atoms with Crippen molar-refractivity contribution in [3.63, 3.8) is 0 Å². The summed E-state index contributed by atoms with van der Waals surface area (Å²) in [6.07, 6.45) is 5.73. The van der Waals surface area contributed by atoms with Crippen molar-refractivity contribution in [1.29, 1.82) is 0 Å². The molecule has 1 saturated heterocycles. The molecule has 2 aromatic carbocycles. The van der Waals surface area contributed by atoms with Crippen molar-refractivity contribution in [3.05, 3.63) is 71.5 Å². The topological polar surface area (TPSA) is 52.7 Å². The Kier molecular flexibility index (Phi) is 8.10. The summed E-state index contributed by atoms with van der Waals surface area (Å²) in [5, 5.41) is 3.05. The molecule has 2 aromatic rings. The highest BCUT2D eigenvalue weighted by Gasteiger charge is 2.37. The van der Waals surface area contributed by atoms with E-state index in [1.165, 1.54) is 17.7 Å². The zero-order valence-corrected chi connectivity index (χ0v) is 19.2. The number of hydrogen-bond acceptors (Lipinski definition) is 3. The number of carbonyl (C=O) groups excluding carboxylic acids is 2. The molecule has 4 rings (SSSR count). The van der Waals surface area contributed by atoms with Gasteiger partial charge in [-0.2, -0.15) is 0 Å². The van der Waals surface area contributed by atoms with Crippen molar-refractivity contribution >= 4 is 11.8 Å². The average molecular weight is 452 g/mol. The van der Waals surface area contributed by atoms with E-state index in [1.54, 1.807) is 6.07 Å². The first kappa shape index (κ1) is 23.4. The molecule has 1 saturated carbocycles. The molecule has 2 fully saturated rings. The van der Waals surface area contributed by atoms with Crippen molar-refractivity contribution in [2.75, 3.05) is 26.2 Å².